The van der Waals surface area contributed by atoms with E-state index < -0.39 is 29.8 Å². The highest BCUT2D eigenvalue weighted by atomic mass is 16.6. The molecule has 0 unspecified atom stereocenters. The van der Waals surface area contributed by atoms with E-state index in [1.165, 1.54) is 12.0 Å². The van der Waals surface area contributed by atoms with Crippen LogP contribution in [0.25, 0.3) is 0 Å². The maximum absolute atomic E-state index is 12.6. The first kappa shape index (κ1) is 21.7. The Morgan fingerprint density at radius 3 is 2.48 bits per heavy atom. The standard InChI is InChI=1S/C18H33NO6/c1-6-19(17(22)25-18(2,3)4)15(16(21)23-5)14-8-7-13(9-11-20)10-12-24-14/h13-15,20H,6-12H2,1-5H3/t13-,14-,15+/m1/s1. The van der Waals surface area contributed by atoms with Gasteiger partial charge in [0.25, 0.3) is 0 Å². The van der Waals surface area contributed by atoms with E-state index in [2.05, 4.69) is 0 Å². The molecule has 0 saturated carbocycles. The molecule has 3 atom stereocenters. The predicted molar refractivity (Wildman–Crippen MR) is 93.2 cm³/mol. The molecule has 0 radical (unpaired) electrons. The molecular formula is C18H33NO6. The summed E-state index contributed by atoms with van der Waals surface area (Å²) in [5.74, 6) is -0.136. The molecule has 7 heteroatoms. The zero-order valence-electron chi connectivity index (χ0n) is 16.1. The molecule has 1 aliphatic heterocycles. The van der Waals surface area contributed by atoms with Gasteiger partial charge in [0.1, 0.15) is 5.60 Å². The molecule has 1 saturated heterocycles. The highest BCUT2D eigenvalue weighted by molar-refractivity contribution is 5.82. The number of methoxy groups -OCH3 is 1. The van der Waals surface area contributed by atoms with Gasteiger partial charge in [-0.2, -0.15) is 0 Å². The third-order valence-electron chi connectivity index (χ3n) is 4.35. The zero-order chi connectivity index (χ0) is 19.0. The van der Waals surface area contributed by atoms with Crippen LogP contribution in [0.1, 0.15) is 53.4 Å². The fraction of sp³-hybridized carbons (Fsp3) is 0.889. The van der Waals surface area contributed by atoms with Crippen molar-refractivity contribution in [2.45, 2.75) is 71.1 Å². The van der Waals surface area contributed by atoms with Crippen molar-refractivity contribution in [3.05, 3.63) is 0 Å². The predicted octanol–water partition coefficient (Wildman–Crippen LogP) is 2.35. The number of aliphatic hydroxyl groups excluding tert-OH is 1. The number of carbonyl (C=O) groups is 2. The van der Waals surface area contributed by atoms with Gasteiger partial charge in [-0.25, -0.2) is 9.59 Å². The molecule has 1 fully saturated rings. The van der Waals surface area contributed by atoms with Crippen LogP contribution < -0.4 is 0 Å². The Labute approximate surface area is 150 Å². The summed E-state index contributed by atoms with van der Waals surface area (Å²) >= 11 is 0. The summed E-state index contributed by atoms with van der Waals surface area (Å²) in [4.78, 5) is 26.3. The Hall–Kier alpha value is -1.34. The summed E-state index contributed by atoms with van der Waals surface area (Å²) < 4.78 is 16.3. The normalized spacial score (nSPS) is 22.6. The monoisotopic (exact) mass is 359 g/mol. The van der Waals surface area contributed by atoms with Crippen molar-refractivity contribution >= 4 is 12.1 Å². The molecule has 1 amide bonds. The molecule has 25 heavy (non-hydrogen) atoms. The number of amides is 1. The number of aliphatic hydroxyl groups is 1. The number of likely N-dealkylation sites (N-methyl/N-ethyl adjacent to an activating group) is 1. The van der Waals surface area contributed by atoms with Gasteiger partial charge in [0, 0.05) is 19.8 Å². The van der Waals surface area contributed by atoms with E-state index in [-0.39, 0.29) is 6.61 Å². The van der Waals surface area contributed by atoms with E-state index in [1.54, 1.807) is 27.7 Å². The van der Waals surface area contributed by atoms with Gasteiger partial charge in [0.2, 0.25) is 0 Å². The topological polar surface area (TPSA) is 85.3 Å². The lowest BCUT2D eigenvalue weighted by atomic mass is 9.94. The van der Waals surface area contributed by atoms with Crippen molar-refractivity contribution in [2.24, 2.45) is 5.92 Å². The molecule has 0 aromatic carbocycles. The Balaban J connectivity index is 2.94. The summed E-state index contributed by atoms with van der Waals surface area (Å²) in [5, 5.41) is 9.13. The highest BCUT2D eigenvalue weighted by Gasteiger charge is 2.40. The van der Waals surface area contributed by atoms with E-state index in [4.69, 9.17) is 19.3 Å². The number of nitrogens with zero attached hydrogens (tertiary/aromatic N) is 1. The van der Waals surface area contributed by atoms with Crippen LogP contribution in [0.3, 0.4) is 0 Å². The molecule has 0 aromatic heterocycles. The lowest BCUT2D eigenvalue weighted by Crippen LogP contribution is -2.54. The van der Waals surface area contributed by atoms with Crippen molar-refractivity contribution in [3.63, 3.8) is 0 Å². The number of hydrogen-bond acceptors (Lipinski definition) is 6. The fourth-order valence-electron chi connectivity index (χ4n) is 3.09. The Morgan fingerprint density at radius 2 is 1.96 bits per heavy atom. The number of carbonyl (C=O) groups excluding carboxylic acids is 2. The van der Waals surface area contributed by atoms with Gasteiger partial charge in [0.05, 0.1) is 13.2 Å². The van der Waals surface area contributed by atoms with Crippen LogP contribution in [0.2, 0.25) is 0 Å². The van der Waals surface area contributed by atoms with E-state index in [1.807, 2.05) is 0 Å². The molecule has 1 rings (SSSR count). The first-order valence-corrected chi connectivity index (χ1v) is 9.03. The quantitative estimate of drug-likeness (QED) is 0.733. The molecule has 146 valence electrons. The molecule has 1 heterocycles. The molecule has 0 aliphatic carbocycles. The largest absolute Gasteiger partial charge is 0.467 e. The van der Waals surface area contributed by atoms with Gasteiger partial charge in [-0.3, -0.25) is 4.90 Å². The fourth-order valence-corrected chi connectivity index (χ4v) is 3.09. The molecule has 7 nitrogen and oxygen atoms in total. The second-order valence-electron chi connectivity index (χ2n) is 7.39. The van der Waals surface area contributed by atoms with Gasteiger partial charge < -0.3 is 19.3 Å². The van der Waals surface area contributed by atoms with Crippen LogP contribution in [0.4, 0.5) is 4.79 Å². The van der Waals surface area contributed by atoms with Crippen LogP contribution in [0, 0.1) is 5.92 Å². The highest BCUT2D eigenvalue weighted by Crippen LogP contribution is 2.26. The lowest BCUT2D eigenvalue weighted by Gasteiger charge is -2.35. The van der Waals surface area contributed by atoms with E-state index in [0.29, 0.717) is 25.5 Å². The van der Waals surface area contributed by atoms with Crippen LogP contribution in [-0.2, 0) is 19.0 Å². The number of esters is 1. The van der Waals surface area contributed by atoms with Crippen LogP contribution >= 0.6 is 0 Å². The molecule has 0 bridgehead atoms. The lowest BCUT2D eigenvalue weighted by molar-refractivity contribution is -0.153. The Kier molecular flexibility index (Phi) is 8.65. The molecule has 0 spiro atoms. The van der Waals surface area contributed by atoms with Crippen molar-refractivity contribution in [2.75, 3.05) is 26.9 Å². The summed E-state index contributed by atoms with van der Waals surface area (Å²) in [7, 11) is 1.31. The summed E-state index contributed by atoms with van der Waals surface area (Å²) in [6, 6.07) is -0.835. The minimum Gasteiger partial charge on any atom is -0.467 e. The van der Waals surface area contributed by atoms with Crippen molar-refractivity contribution in [3.8, 4) is 0 Å². The van der Waals surface area contributed by atoms with E-state index >= 15 is 0 Å². The first-order valence-electron chi connectivity index (χ1n) is 9.03. The van der Waals surface area contributed by atoms with Crippen molar-refractivity contribution in [1.29, 1.82) is 0 Å². The zero-order valence-corrected chi connectivity index (χ0v) is 16.1. The number of hydrogen-bond donors (Lipinski definition) is 1. The maximum Gasteiger partial charge on any atom is 0.411 e. The van der Waals surface area contributed by atoms with Crippen LogP contribution in [0.5, 0.6) is 0 Å². The molecular weight excluding hydrogens is 326 g/mol. The minimum absolute atomic E-state index is 0.148. The van der Waals surface area contributed by atoms with Gasteiger partial charge in [0.15, 0.2) is 6.04 Å². The van der Waals surface area contributed by atoms with Crippen molar-refractivity contribution in [1.82, 2.24) is 4.90 Å². The Morgan fingerprint density at radius 1 is 1.28 bits per heavy atom. The van der Waals surface area contributed by atoms with E-state index in [0.717, 1.165) is 19.3 Å². The summed E-state index contributed by atoms with van der Waals surface area (Å²) in [6.07, 6.45) is 2.04. The first-order chi connectivity index (χ1) is 11.7. The van der Waals surface area contributed by atoms with Crippen LogP contribution in [0.15, 0.2) is 0 Å². The third-order valence-corrected chi connectivity index (χ3v) is 4.35. The molecule has 0 aromatic rings. The van der Waals surface area contributed by atoms with Gasteiger partial charge in [-0.1, -0.05) is 0 Å². The average Bonchev–Trinajstić information content (AvgIpc) is 2.76. The smallest absolute Gasteiger partial charge is 0.411 e. The van der Waals surface area contributed by atoms with E-state index in [9.17, 15) is 9.59 Å². The van der Waals surface area contributed by atoms with Gasteiger partial charge in [-0.05, 0) is 59.3 Å². The van der Waals surface area contributed by atoms with Gasteiger partial charge >= 0.3 is 12.1 Å². The second kappa shape index (κ2) is 9.97. The number of rotatable bonds is 6. The average molecular weight is 359 g/mol. The maximum atomic E-state index is 12.6. The number of ether oxygens (including phenoxy) is 3. The van der Waals surface area contributed by atoms with Crippen molar-refractivity contribution < 1.29 is 28.9 Å². The summed E-state index contributed by atoms with van der Waals surface area (Å²) in [6.45, 7) is 8.11. The SMILES string of the molecule is CCN(C(=O)OC(C)(C)C)[C@H](C(=O)OC)[C@H]1CC[C@H](CCO)CCO1. The Bertz CT molecular complexity index is 434. The molecule has 1 aliphatic rings. The minimum atomic E-state index is -0.835. The van der Waals surface area contributed by atoms with Gasteiger partial charge in [-0.15, -0.1) is 0 Å². The third kappa shape index (κ3) is 6.82. The van der Waals surface area contributed by atoms with Crippen LogP contribution in [-0.4, -0.2) is 66.7 Å². The summed E-state index contributed by atoms with van der Waals surface area (Å²) in [5.41, 5.74) is -0.651. The molecule has 1 N–H and O–H groups in total. The second-order valence-corrected chi connectivity index (χ2v) is 7.39.